The average Bonchev–Trinajstić information content (AvgIpc) is 2.89. The molecular formula is C18H20BrNOS. The van der Waals surface area contributed by atoms with E-state index in [1.807, 2.05) is 0 Å². The van der Waals surface area contributed by atoms with Crippen LogP contribution in [0, 0.1) is 11.8 Å². The lowest BCUT2D eigenvalue weighted by Crippen LogP contribution is -2.47. The van der Waals surface area contributed by atoms with Crippen molar-refractivity contribution >= 4 is 43.1 Å². The van der Waals surface area contributed by atoms with Gasteiger partial charge in [0.15, 0.2) is 0 Å². The Balaban J connectivity index is 1.42. The summed E-state index contributed by atoms with van der Waals surface area (Å²) < 4.78 is 2.37. The van der Waals surface area contributed by atoms with Gasteiger partial charge in [-0.05, 0) is 61.4 Å². The fourth-order valence-electron chi connectivity index (χ4n) is 4.02. The number of carbonyl (C=O) groups is 1. The Hall–Kier alpha value is -0.710. The third-order valence-corrected chi connectivity index (χ3v) is 6.78. The van der Waals surface area contributed by atoms with Gasteiger partial charge in [-0.2, -0.15) is 0 Å². The van der Waals surface area contributed by atoms with Gasteiger partial charge in [-0.15, -0.1) is 11.3 Å². The number of Topliss-reactive ketones (excluding diaryl/α,β-unsaturated/α-hetero) is 1. The van der Waals surface area contributed by atoms with Crippen molar-refractivity contribution < 1.29 is 4.79 Å². The van der Waals surface area contributed by atoms with Crippen LogP contribution in [0.5, 0.6) is 0 Å². The number of ketones is 1. The number of fused-ring (bicyclic) bond motifs is 4. The SMILES string of the molecule is O=C(Cc1cc2ccc(Br)cc2s1)CC1CN2CCC1CC2. The Morgan fingerprint density at radius 2 is 2.09 bits per heavy atom. The van der Waals surface area contributed by atoms with Gasteiger partial charge >= 0.3 is 0 Å². The molecule has 1 aromatic heterocycles. The summed E-state index contributed by atoms with van der Waals surface area (Å²) in [6.07, 6.45) is 3.99. The first kappa shape index (κ1) is 14.9. The number of hydrogen-bond acceptors (Lipinski definition) is 3. The molecule has 5 rings (SSSR count). The zero-order valence-corrected chi connectivity index (χ0v) is 15.0. The lowest BCUT2D eigenvalue weighted by molar-refractivity contribution is -0.120. The van der Waals surface area contributed by atoms with Gasteiger partial charge in [0.25, 0.3) is 0 Å². The summed E-state index contributed by atoms with van der Waals surface area (Å²) in [5.74, 6) is 1.83. The standard InChI is InChI=1S/C18H20BrNOS/c19-15-2-1-13-8-17(22-18(13)9-15)10-16(21)7-14-11-20-5-3-12(14)4-6-20/h1-2,8-9,12,14H,3-7,10-11H2. The number of nitrogens with zero attached hydrogens (tertiary/aromatic N) is 1. The monoisotopic (exact) mass is 377 g/mol. The van der Waals surface area contributed by atoms with Gasteiger partial charge in [-0.1, -0.05) is 22.0 Å². The van der Waals surface area contributed by atoms with Crippen molar-refractivity contribution in [1.82, 2.24) is 4.90 Å². The van der Waals surface area contributed by atoms with Crippen LogP contribution in [0.2, 0.25) is 0 Å². The van der Waals surface area contributed by atoms with E-state index in [1.54, 1.807) is 11.3 Å². The minimum absolute atomic E-state index is 0.421. The lowest BCUT2D eigenvalue weighted by atomic mass is 9.76. The van der Waals surface area contributed by atoms with Crippen LogP contribution in [0.15, 0.2) is 28.7 Å². The van der Waals surface area contributed by atoms with E-state index in [4.69, 9.17) is 0 Å². The molecule has 4 heteroatoms. The Labute approximate surface area is 143 Å². The van der Waals surface area contributed by atoms with Crippen molar-refractivity contribution in [2.45, 2.75) is 25.7 Å². The molecule has 2 nitrogen and oxygen atoms in total. The second-order valence-electron chi connectivity index (χ2n) is 6.71. The van der Waals surface area contributed by atoms with Crippen LogP contribution >= 0.6 is 27.3 Å². The summed E-state index contributed by atoms with van der Waals surface area (Å²) in [4.78, 5) is 16.2. The van der Waals surface area contributed by atoms with Crippen LogP contribution in [0.1, 0.15) is 24.1 Å². The van der Waals surface area contributed by atoms with Crippen LogP contribution in [0.4, 0.5) is 0 Å². The molecule has 1 unspecified atom stereocenters. The van der Waals surface area contributed by atoms with Crippen LogP contribution in [-0.4, -0.2) is 30.3 Å². The molecule has 0 spiro atoms. The van der Waals surface area contributed by atoms with Crippen LogP contribution in [-0.2, 0) is 11.2 Å². The van der Waals surface area contributed by atoms with Crippen LogP contribution in [0.25, 0.3) is 10.1 Å². The highest BCUT2D eigenvalue weighted by atomic mass is 79.9. The van der Waals surface area contributed by atoms with E-state index < -0.39 is 0 Å². The van der Waals surface area contributed by atoms with Crippen molar-refractivity contribution in [3.8, 4) is 0 Å². The Morgan fingerprint density at radius 3 is 2.82 bits per heavy atom. The largest absolute Gasteiger partial charge is 0.303 e. The summed E-state index contributed by atoms with van der Waals surface area (Å²) in [6, 6.07) is 8.51. The van der Waals surface area contributed by atoms with Gasteiger partial charge in [-0.25, -0.2) is 0 Å². The minimum atomic E-state index is 0.421. The van der Waals surface area contributed by atoms with E-state index >= 15 is 0 Å². The predicted molar refractivity (Wildman–Crippen MR) is 95.5 cm³/mol. The second-order valence-corrected chi connectivity index (χ2v) is 8.80. The van der Waals surface area contributed by atoms with E-state index in [1.165, 1.54) is 40.9 Å². The molecule has 2 bridgehead atoms. The Bertz CT molecular complexity index is 702. The third-order valence-electron chi connectivity index (χ3n) is 5.19. The second kappa shape index (κ2) is 6.06. The van der Waals surface area contributed by atoms with Crippen molar-refractivity contribution in [3.05, 3.63) is 33.6 Å². The summed E-state index contributed by atoms with van der Waals surface area (Å²) in [6.45, 7) is 3.65. The first-order chi connectivity index (χ1) is 10.7. The number of piperidine rings is 3. The predicted octanol–water partition coefficient (Wildman–Crippen LogP) is 4.51. The molecule has 3 saturated heterocycles. The van der Waals surface area contributed by atoms with Gasteiger partial charge < -0.3 is 4.90 Å². The molecule has 0 saturated carbocycles. The van der Waals surface area contributed by atoms with E-state index in [0.29, 0.717) is 18.1 Å². The molecule has 0 amide bonds. The molecular weight excluding hydrogens is 358 g/mol. The van der Waals surface area contributed by atoms with E-state index in [2.05, 4.69) is 45.1 Å². The number of halogens is 1. The highest BCUT2D eigenvalue weighted by molar-refractivity contribution is 9.10. The molecule has 1 aromatic carbocycles. The molecule has 3 fully saturated rings. The normalized spacial score (nSPS) is 27.4. The smallest absolute Gasteiger partial charge is 0.138 e. The fraction of sp³-hybridized carbons (Fsp3) is 0.500. The first-order valence-electron chi connectivity index (χ1n) is 8.09. The van der Waals surface area contributed by atoms with Gasteiger partial charge in [0.2, 0.25) is 0 Å². The maximum absolute atomic E-state index is 12.5. The van der Waals surface area contributed by atoms with Crippen LogP contribution < -0.4 is 0 Å². The van der Waals surface area contributed by atoms with Gasteiger partial charge in [-0.3, -0.25) is 4.79 Å². The summed E-state index contributed by atoms with van der Waals surface area (Å²) in [5, 5.41) is 1.25. The van der Waals surface area contributed by atoms with Crippen molar-refractivity contribution in [2.24, 2.45) is 11.8 Å². The van der Waals surface area contributed by atoms with Gasteiger partial charge in [0, 0.05) is 33.4 Å². The number of benzene rings is 1. The molecule has 0 radical (unpaired) electrons. The molecule has 22 heavy (non-hydrogen) atoms. The van der Waals surface area contributed by atoms with Gasteiger partial charge in [0.1, 0.15) is 5.78 Å². The molecule has 3 aliphatic heterocycles. The molecule has 0 aliphatic carbocycles. The highest BCUT2D eigenvalue weighted by Crippen LogP contribution is 2.35. The van der Waals surface area contributed by atoms with E-state index in [0.717, 1.165) is 23.4 Å². The van der Waals surface area contributed by atoms with Crippen molar-refractivity contribution in [1.29, 1.82) is 0 Å². The van der Waals surface area contributed by atoms with Crippen molar-refractivity contribution in [2.75, 3.05) is 19.6 Å². The Morgan fingerprint density at radius 1 is 1.27 bits per heavy atom. The number of hydrogen-bond donors (Lipinski definition) is 0. The molecule has 2 aromatic rings. The molecule has 3 aliphatic rings. The minimum Gasteiger partial charge on any atom is -0.303 e. The van der Waals surface area contributed by atoms with Gasteiger partial charge in [0.05, 0.1) is 0 Å². The molecule has 0 N–H and O–H groups in total. The van der Waals surface area contributed by atoms with Crippen molar-refractivity contribution in [3.63, 3.8) is 0 Å². The van der Waals surface area contributed by atoms with Crippen LogP contribution in [0.3, 0.4) is 0 Å². The van der Waals surface area contributed by atoms with E-state index in [-0.39, 0.29) is 0 Å². The summed E-state index contributed by atoms with van der Waals surface area (Å²) in [7, 11) is 0. The zero-order chi connectivity index (χ0) is 15.1. The lowest BCUT2D eigenvalue weighted by Gasteiger charge is -2.44. The zero-order valence-electron chi connectivity index (χ0n) is 12.6. The molecule has 4 heterocycles. The summed E-state index contributed by atoms with van der Waals surface area (Å²) >= 11 is 5.27. The fourth-order valence-corrected chi connectivity index (χ4v) is 5.67. The maximum Gasteiger partial charge on any atom is 0.138 e. The highest BCUT2D eigenvalue weighted by Gasteiger charge is 2.34. The number of thiophene rings is 1. The Kier molecular flexibility index (Phi) is 4.09. The molecule has 116 valence electrons. The maximum atomic E-state index is 12.5. The third kappa shape index (κ3) is 3.01. The topological polar surface area (TPSA) is 20.3 Å². The molecule has 1 atom stereocenters. The summed E-state index contributed by atoms with van der Waals surface area (Å²) in [5.41, 5.74) is 0. The van der Waals surface area contributed by atoms with E-state index in [9.17, 15) is 4.79 Å². The number of rotatable bonds is 4. The first-order valence-corrected chi connectivity index (χ1v) is 9.70. The number of carbonyl (C=O) groups excluding carboxylic acids is 1. The average molecular weight is 378 g/mol. The quantitative estimate of drug-likeness (QED) is 0.781.